The van der Waals surface area contributed by atoms with Gasteiger partial charge in [-0.2, -0.15) is 0 Å². The molecule has 0 unspecified atom stereocenters. The largest absolute Gasteiger partial charge is 0.398 e. The van der Waals surface area contributed by atoms with E-state index in [0.717, 1.165) is 28.5 Å². The molecule has 2 aromatic carbocycles. The number of aromatic nitrogens is 1. The molecule has 1 aromatic heterocycles. The first-order valence-corrected chi connectivity index (χ1v) is 8.77. The molecule has 0 amide bonds. The van der Waals surface area contributed by atoms with Crippen LogP contribution in [0.4, 0.5) is 10.1 Å². The lowest BCUT2D eigenvalue weighted by Crippen LogP contribution is -2.03. The number of nitrogens with zero attached hydrogens (tertiary/aromatic N) is 1. The van der Waals surface area contributed by atoms with Crippen molar-refractivity contribution < 1.29 is 9.50 Å². The van der Waals surface area contributed by atoms with E-state index >= 15 is 0 Å². The van der Waals surface area contributed by atoms with Crippen LogP contribution >= 0.6 is 23.2 Å². The Balaban J connectivity index is 2.36. The second kappa shape index (κ2) is 7.62. The number of nitrogens with two attached hydrogens (primary N) is 1. The molecule has 0 radical (unpaired) electrons. The Morgan fingerprint density at radius 2 is 1.81 bits per heavy atom. The average molecular weight is 391 g/mol. The van der Waals surface area contributed by atoms with Gasteiger partial charge in [0.15, 0.2) is 0 Å². The zero-order chi connectivity index (χ0) is 18.8. The molecule has 0 aliphatic carbocycles. The molecule has 0 atom stereocenters. The fourth-order valence-electron chi connectivity index (χ4n) is 3.11. The van der Waals surface area contributed by atoms with Gasteiger partial charge in [-0.3, -0.25) is 4.98 Å². The number of hydrogen-bond donors (Lipinski definition) is 2. The summed E-state index contributed by atoms with van der Waals surface area (Å²) in [6.07, 6.45) is 3.18. The summed E-state index contributed by atoms with van der Waals surface area (Å²) in [6, 6.07) is 8.51. The number of halogens is 3. The SMILES string of the molecule is Cc1c(CCO)cc(N)c(-c2cncc(F)c2)c1-c1ccc(Cl)c(Cl)c1. The molecule has 3 nitrogen and oxygen atoms in total. The van der Waals surface area contributed by atoms with E-state index in [0.29, 0.717) is 33.3 Å². The highest BCUT2D eigenvalue weighted by molar-refractivity contribution is 6.42. The van der Waals surface area contributed by atoms with E-state index in [4.69, 9.17) is 28.9 Å². The molecular formula is C20H17Cl2FN2O. The van der Waals surface area contributed by atoms with Crippen molar-refractivity contribution in [2.24, 2.45) is 0 Å². The first kappa shape index (κ1) is 18.6. The molecular weight excluding hydrogens is 374 g/mol. The van der Waals surface area contributed by atoms with Crippen LogP contribution in [0.2, 0.25) is 10.0 Å². The molecule has 3 aromatic rings. The fraction of sp³-hybridized carbons (Fsp3) is 0.150. The Kier molecular flexibility index (Phi) is 5.47. The highest BCUT2D eigenvalue weighted by Crippen LogP contribution is 2.42. The summed E-state index contributed by atoms with van der Waals surface area (Å²) >= 11 is 12.3. The number of pyridine rings is 1. The van der Waals surface area contributed by atoms with E-state index in [9.17, 15) is 9.50 Å². The van der Waals surface area contributed by atoms with Crippen LogP contribution < -0.4 is 5.73 Å². The summed E-state index contributed by atoms with van der Waals surface area (Å²) < 4.78 is 13.8. The van der Waals surface area contributed by atoms with Crippen LogP contribution in [0.15, 0.2) is 42.7 Å². The molecule has 0 saturated heterocycles. The zero-order valence-electron chi connectivity index (χ0n) is 14.1. The lowest BCUT2D eigenvalue weighted by molar-refractivity contribution is 0.299. The predicted molar refractivity (Wildman–Crippen MR) is 105 cm³/mol. The van der Waals surface area contributed by atoms with Crippen LogP contribution in [0.1, 0.15) is 11.1 Å². The summed E-state index contributed by atoms with van der Waals surface area (Å²) in [5, 5.41) is 10.2. The van der Waals surface area contributed by atoms with Gasteiger partial charge in [-0.15, -0.1) is 0 Å². The number of aliphatic hydroxyl groups excluding tert-OH is 1. The van der Waals surface area contributed by atoms with E-state index in [1.807, 2.05) is 19.1 Å². The maximum Gasteiger partial charge on any atom is 0.142 e. The molecule has 134 valence electrons. The summed E-state index contributed by atoms with van der Waals surface area (Å²) in [7, 11) is 0. The molecule has 3 N–H and O–H groups in total. The highest BCUT2D eigenvalue weighted by atomic mass is 35.5. The minimum Gasteiger partial charge on any atom is -0.398 e. The van der Waals surface area contributed by atoms with Crippen LogP contribution in [0.5, 0.6) is 0 Å². The van der Waals surface area contributed by atoms with Crippen LogP contribution in [-0.2, 0) is 6.42 Å². The van der Waals surface area contributed by atoms with E-state index in [2.05, 4.69) is 4.98 Å². The monoisotopic (exact) mass is 390 g/mol. The number of hydrogen-bond acceptors (Lipinski definition) is 3. The highest BCUT2D eigenvalue weighted by Gasteiger charge is 2.18. The van der Waals surface area contributed by atoms with Gasteiger partial charge in [-0.05, 0) is 59.9 Å². The van der Waals surface area contributed by atoms with Gasteiger partial charge in [-0.25, -0.2) is 4.39 Å². The Hall–Kier alpha value is -2.14. The van der Waals surface area contributed by atoms with Crippen molar-refractivity contribution in [2.75, 3.05) is 12.3 Å². The van der Waals surface area contributed by atoms with Crippen LogP contribution in [0.25, 0.3) is 22.3 Å². The van der Waals surface area contributed by atoms with Crippen molar-refractivity contribution in [3.63, 3.8) is 0 Å². The third kappa shape index (κ3) is 3.54. The standard InChI is InChI=1S/C20H17Cl2FN2O/c1-11-12(4-5-26)8-18(24)20(14-6-15(23)10-25-9-14)19(11)13-2-3-16(21)17(22)7-13/h2-3,6-10,26H,4-5,24H2,1H3. The summed E-state index contributed by atoms with van der Waals surface area (Å²) in [5.74, 6) is -0.445. The minimum absolute atomic E-state index is 0.00195. The van der Waals surface area contributed by atoms with Gasteiger partial charge < -0.3 is 10.8 Å². The van der Waals surface area contributed by atoms with Crippen LogP contribution in [0.3, 0.4) is 0 Å². The van der Waals surface area contributed by atoms with Gasteiger partial charge in [0.1, 0.15) is 5.82 Å². The van der Waals surface area contributed by atoms with Crippen LogP contribution in [0, 0.1) is 12.7 Å². The van der Waals surface area contributed by atoms with E-state index in [1.165, 1.54) is 6.07 Å². The molecule has 26 heavy (non-hydrogen) atoms. The summed E-state index contributed by atoms with van der Waals surface area (Å²) in [4.78, 5) is 3.94. The van der Waals surface area contributed by atoms with Gasteiger partial charge in [0.25, 0.3) is 0 Å². The third-order valence-corrected chi connectivity index (χ3v) is 5.05. The molecule has 0 fully saturated rings. The quantitative estimate of drug-likeness (QED) is 0.595. The summed E-state index contributed by atoms with van der Waals surface area (Å²) in [5.41, 5.74) is 11.5. The lowest BCUT2D eigenvalue weighted by atomic mass is 9.87. The maximum atomic E-state index is 13.8. The van der Waals surface area contributed by atoms with Gasteiger partial charge in [0.2, 0.25) is 0 Å². The van der Waals surface area contributed by atoms with E-state index < -0.39 is 5.82 Å². The molecule has 3 rings (SSSR count). The second-order valence-electron chi connectivity index (χ2n) is 5.99. The summed E-state index contributed by atoms with van der Waals surface area (Å²) in [6.45, 7) is 1.94. The van der Waals surface area contributed by atoms with Gasteiger partial charge in [0, 0.05) is 29.6 Å². The molecule has 1 heterocycles. The topological polar surface area (TPSA) is 59.1 Å². The lowest BCUT2D eigenvalue weighted by Gasteiger charge is -2.20. The second-order valence-corrected chi connectivity index (χ2v) is 6.81. The molecule has 6 heteroatoms. The Morgan fingerprint density at radius 3 is 2.46 bits per heavy atom. The van der Waals surface area contributed by atoms with E-state index in [1.54, 1.807) is 18.3 Å². The number of anilines is 1. The van der Waals surface area contributed by atoms with Crippen molar-refractivity contribution in [3.8, 4) is 22.3 Å². The molecule has 0 bridgehead atoms. The molecule has 0 spiro atoms. The smallest absolute Gasteiger partial charge is 0.142 e. The minimum atomic E-state index is -0.445. The first-order chi connectivity index (χ1) is 12.4. The number of rotatable bonds is 4. The Bertz CT molecular complexity index is 976. The zero-order valence-corrected chi connectivity index (χ0v) is 15.6. The molecule has 0 saturated carbocycles. The number of nitrogen functional groups attached to an aromatic ring is 1. The average Bonchev–Trinajstić information content (AvgIpc) is 2.60. The van der Waals surface area contributed by atoms with E-state index in [-0.39, 0.29) is 6.61 Å². The Morgan fingerprint density at radius 1 is 1.04 bits per heavy atom. The van der Waals surface area contributed by atoms with Crippen molar-refractivity contribution in [1.29, 1.82) is 0 Å². The first-order valence-electron chi connectivity index (χ1n) is 8.01. The Labute approximate surface area is 161 Å². The van der Waals surface area contributed by atoms with Gasteiger partial charge >= 0.3 is 0 Å². The van der Waals surface area contributed by atoms with Crippen molar-refractivity contribution in [1.82, 2.24) is 4.98 Å². The predicted octanol–water partition coefficient (Wildman–Crippen LogP) is 5.29. The molecule has 0 aliphatic heterocycles. The normalized spacial score (nSPS) is 11.0. The number of benzene rings is 2. The van der Waals surface area contributed by atoms with Crippen molar-refractivity contribution in [3.05, 3.63) is 69.7 Å². The number of aliphatic hydroxyl groups is 1. The van der Waals surface area contributed by atoms with Crippen LogP contribution in [-0.4, -0.2) is 16.7 Å². The fourth-order valence-corrected chi connectivity index (χ4v) is 3.41. The molecule has 0 aliphatic rings. The van der Waals surface area contributed by atoms with Gasteiger partial charge in [-0.1, -0.05) is 29.3 Å². The third-order valence-electron chi connectivity index (χ3n) is 4.31. The van der Waals surface area contributed by atoms with Crippen molar-refractivity contribution >= 4 is 28.9 Å². The van der Waals surface area contributed by atoms with Gasteiger partial charge in [0.05, 0.1) is 16.2 Å². The van der Waals surface area contributed by atoms with Crippen molar-refractivity contribution in [2.45, 2.75) is 13.3 Å². The maximum absolute atomic E-state index is 13.8.